The van der Waals surface area contributed by atoms with E-state index in [-0.39, 0.29) is 5.75 Å². The molecule has 2 atom stereocenters. The molecule has 0 spiro atoms. The lowest BCUT2D eigenvalue weighted by atomic mass is 10.1. The molecule has 2 unspecified atom stereocenters. The van der Waals surface area contributed by atoms with Crippen molar-refractivity contribution < 1.29 is 15.0 Å². The second kappa shape index (κ2) is 5.19. The number of aromatic hydroxyl groups is 1. The van der Waals surface area contributed by atoms with Gasteiger partial charge < -0.3 is 15.5 Å². The Balaban J connectivity index is 2.01. The number of hydrogen-bond acceptors (Lipinski definition) is 4. The monoisotopic (exact) mass is 287 g/mol. The van der Waals surface area contributed by atoms with Crippen LogP contribution in [-0.4, -0.2) is 22.2 Å². The second-order valence-corrected chi connectivity index (χ2v) is 5.74. The maximum atomic E-state index is 12.0. The summed E-state index contributed by atoms with van der Waals surface area (Å²) in [6.45, 7) is 0. The van der Waals surface area contributed by atoms with Crippen LogP contribution in [0.5, 0.6) is 5.75 Å². The molecule has 1 aliphatic heterocycles. The molecule has 2 aromatic rings. The van der Waals surface area contributed by atoms with Gasteiger partial charge in [-0.15, -0.1) is 11.8 Å². The van der Waals surface area contributed by atoms with Crippen LogP contribution in [0.2, 0.25) is 0 Å². The van der Waals surface area contributed by atoms with Crippen molar-refractivity contribution in [1.82, 2.24) is 0 Å². The van der Waals surface area contributed by atoms with E-state index in [9.17, 15) is 15.0 Å². The molecule has 0 aliphatic carbocycles. The SMILES string of the molecule is O=C1Nc2ccccc2SC(c2ccc(O)cc2)C1O. The number of phenols is 1. The molecule has 1 aliphatic rings. The van der Waals surface area contributed by atoms with Crippen molar-refractivity contribution in [2.75, 3.05) is 5.32 Å². The minimum absolute atomic E-state index is 0.159. The normalized spacial score (nSPS) is 21.8. The van der Waals surface area contributed by atoms with Gasteiger partial charge in [0.25, 0.3) is 5.91 Å². The third kappa shape index (κ3) is 2.37. The van der Waals surface area contributed by atoms with E-state index < -0.39 is 17.3 Å². The van der Waals surface area contributed by atoms with Crippen molar-refractivity contribution in [2.24, 2.45) is 0 Å². The molecule has 0 aromatic heterocycles. The van der Waals surface area contributed by atoms with E-state index in [4.69, 9.17) is 0 Å². The quantitative estimate of drug-likeness (QED) is 0.754. The third-order valence-corrected chi connectivity index (χ3v) is 4.57. The van der Waals surface area contributed by atoms with Gasteiger partial charge in [0.05, 0.1) is 10.9 Å². The first-order valence-electron chi connectivity index (χ1n) is 6.19. The van der Waals surface area contributed by atoms with Gasteiger partial charge in [-0.3, -0.25) is 4.79 Å². The fraction of sp³-hybridized carbons (Fsp3) is 0.133. The average molecular weight is 287 g/mol. The number of thioether (sulfide) groups is 1. The number of carbonyl (C=O) groups excluding carboxylic acids is 1. The van der Waals surface area contributed by atoms with Crippen LogP contribution in [0, 0.1) is 0 Å². The first kappa shape index (κ1) is 13.0. The number of carbonyl (C=O) groups is 1. The smallest absolute Gasteiger partial charge is 0.254 e. The Morgan fingerprint density at radius 3 is 2.50 bits per heavy atom. The minimum atomic E-state index is -1.14. The number of nitrogens with one attached hydrogen (secondary N) is 1. The van der Waals surface area contributed by atoms with E-state index in [1.165, 1.54) is 11.8 Å². The predicted molar refractivity (Wildman–Crippen MR) is 77.8 cm³/mol. The lowest BCUT2D eigenvalue weighted by molar-refractivity contribution is -0.124. The summed E-state index contributed by atoms with van der Waals surface area (Å²) in [6, 6.07) is 14.0. The number of amides is 1. The fourth-order valence-corrected chi connectivity index (χ4v) is 3.35. The molecule has 3 rings (SSSR count). The van der Waals surface area contributed by atoms with Crippen molar-refractivity contribution >= 4 is 23.4 Å². The first-order chi connectivity index (χ1) is 9.65. The molecule has 0 radical (unpaired) electrons. The van der Waals surface area contributed by atoms with Gasteiger partial charge in [0.15, 0.2) is 0 Å². The number of para-hydroxylation sites is 1. The highest BCUT2D eigenvalue weighted by Gasteiger charge is 2.32. The number of benzene rings is 2. The van der Waals surface area contributed by atoms with Crippen LogP contribution in [0.25, 0.3) is 0 Å². The van der Waals surface area contributed by atoms with Crippen molar-refractivity contribution in [3.8, 4) is 5.75 Å². The van der Waals surface area contributed by atoms with Crippen molar-refractivity contribution in [3.05, 3.63) is 54.1 Å². The summed E-state index contributed by atoms with van der Waals surface area (Å²) in [4.78, 5) is 12.9. The summed E-state index contributed by atoms with van der Waals surface area (Å²) < 4.78 is 0. The summed E-state index contributed by atoms with van der Waals surface area (Å²) >= 11 is 1.43. The van der Waals surface area contributed by atoms with Gasteiger partial charge in [-0.05, 0) is 29.8 Å². The molecule has 2 aromatic carbocycles. The molecule has 4 nitrogen and oxygen atoms in total. The lowest BCUT2D eigenvalue weighted by Crippen LogP contribution is -2.30. The Bertz CT molecular complexity index is 642. The van der Waals surface area contributed by atoms with E-state index in [0.717, 1.165) is 10.5 Å². The molecular formula is C15H13NO3S. The maximum Gasteiger partial charge on any atom is 0.254 e. The lowest BCUT2D eigenvalue weighted by Gasteiger charge is -2.18. The summed E-state index contributed by atoms with van der Waals surface area (Å²) in [5.41, 5.74) is 1.51. The predicted octanol–water partition coefficient (Wildman–Crippen LogP) is 2.54. The molecule has 1 amide bonds. The molecule has 20 heavy (non-hydrogen) atoms. The highest BCUT2D eigenvalue weighted by Crippen LogP contribution is 2.43. The van der Waals surface area contributed by atoms with Gasteiger partial charge in [-0.25, -0.2) is 0 Å². The molecule has 0 saturated heterocycles. The van der Waals surface area contributed by atoms with E-state index in [2.05, 4.69) is 5.32 Å². The van der Waals surface area contributed by atoms with Gasteiger partial charge in [-0.1, -0.05) is 24.3 Å². The maximum absolute atomic E-state index is 12.0. The fourth-order valence-electron chi connectivity index (χ4n) is 2.13. The second-order valence-electron chi connectivity index (χ2n) is 4.56. The number of aliphatic hydroxyl groups excluding tert-OH is 1. The largest absolute Gasteiger partial charge is 0.508 e. The molecule has 1 heterocycles. The Labute approximate surface area is 120 Å². The Kier molecular flexibility index (Phi) is 3.38. The third-order valence-electron chi connectivity index (χ3n) is 3.18. The minimum Gasteiger partial charge on any atom is -0.508 e. The average Bonchev–Trinajstić information content (AvgIpc) is 2.58. The number of anilines is 1. The molecule has 102 valence electrons. The van der Waals surface area contributed by atoms with Gasteiger partial charge in [0.1, 0.15) is 11.9 Å². The molecule has 0 saturated carbocycles. The number of hydrogen-bond donors (Lipinski definition) is 3. The van der Waals surface area contributed by atoms with Gasteiger partial charge in [0.2, 0.25) is 0 Å². The Morgan fingerprint density at radius 1 is 1.05 bits per heavy atom. The molecule has 0 bridgehead atoms. The topological polar surface area (TPSA) is 69.6 Å². The first-order valence-corrected chi connectivity index (χ1v) is 7.06. The van der Waals surface area contributed by atoms with Gasteiger partial charge in [0, 0.05) is 4.90 Å². The summed E-state index contributed by atoms with van der Waals surface area (Å²) in [5, 5.41) is 21.9. The Morgan fingerprint density at radius 2 is 1.75 bits per heavy atom. The van der Waals surface area contributed by atoms with Crippen LogP contribution in [0.15, 0.2) is 53.4 Å². The van der Waals surface area contributed by atoms with Crippen LogP contribution in [-0.2, 0) is 4.79 Å². The number of aliphatic hydroxyl groups is 1. The highest BCUT2D eigenvalue weighted by molar-refractivity contribution is 7.99. The van der Waals surface area contributed by atoms with Crippen molar-refractivity contribution in [1.29, 1.82) is 0 Å². The molecule has 3 N–H and O–H groups in total. The zero-order chi connectivity index (χ0) is 14.1. The van der Waals surface area contributed by atoms with Crippen LogP contribution in [0.3, 0.4) is 0 Å². The van der Waals surface area contributed by atoms with Crippen LogP contribution in [0.4, 0.5) is 5.69 Å². The summed E-state index contributed by atoms with van der Waals surface area (Å²) in [5.74, 6) is -0.257. The van der Waals surface area contributed by atoms with Crippen LogP contribution >= 0.6 is 11.8 Å². The van der Waals surface area contributed by atoms with Crippen molar-refractivity contribution in [2.45, 2.75) is 16.2 Å². The van der Waals surface area contributed by atoms with E-state index >= 15 is 0 Å². The Hall–Kier alpha value is -1.98. The summed E-state index contributed by atoms with van der Waals surface area (Å²) in [6.07, 6.45) is -1.14. The van der Waals surface area contributed by atoms with Crippen LogP contribution in [0.1, 0.15) is 10.8 Å². The zero-order valence-electron chi connectivity index (χ0n) is 10.5. The van der Waals surface area contributed by atoms with E-state index in [1.54, 1.807) is 24.3 Å². The van der Waals surface area contributed by atoms with Gasteiger partial charge >= 0.3 is 0 Å². The summed E-state index contributed by atoms with van der Waals surface area (Å²) in [7, 11) is 0. The molecule has 0 fully saturated rings. The molecular weight excluding hydrogens is 274 g/mol. The number of rotatable bonds is 1. The van der Waals surface area contributed by atoms with E-state index in [1.807, 2.05) is 24.3 Å². The van der Waals surface area contributed by atoms with E-state index in [0.29, 0.717) is 5.69 Å². The molecule has 5 heteroatoms. The number of phenolic OH excluding ortho intramolecular Hbond substituents is 1. The zero-order valence-corrected chi connectivity index (χ0v) is 11.3. The highest BCUT2D eigenvalue weighted by atomic mass is 32.2. The standard InChI is InChI=1S/C15H13NO3S/c17-10-7-5-9(6-8-10)14-13(18)15(19)16-11-3-1-2-4-12(11)20-14/h1-8,13-14,17-18H,(H,16,19). The van der Waals surface area contributed by atoms with Crippen molar-refractivity contribution in [3.63, 3.8) is 0 Å². The van der Waals surface area contributed by atoms with Gasteiger partial charge in [-0.2, -0.15) is 0 Å². The number of fused-ring (bicyclic) bond motifs is 1. The van der Waals surface area contributed by atoms with Crippen LogP contribution < -0.4 is 5.32 Å².